The SMILES string of the molecule is CNC(=O)c1c(NC(=O)c2cc(Cl)ccc2Cl)sc2c1CC[C@@H](C)C2. The Labute approximate surface area is 160 Å². The van der Waals surface area contributed by atoms with E-state index in [-0.39, 0.29) is 17.4 Å². The molecular weight excluding hydrogens is 379 g/mol. The van der Waals surface area contributed by atoms with Gasteiger partial charge < -0.3 is 10.6 Å². The normalized spacial score (nSPS) is 16.2. The van der Waals surface area contributed by atoms with Crippen LogP contribution in [0.5, 0.6) is 0 Å². The molecule has 0 aliphatic heterocycles. The van der Waals surface area contributed by atoms with Gasteiger partial charge in [0, 0.05) is 16.9 Å². The van der Waals surface area contributed by atoms with Crippen molar-refractivity contribution in [1.82, 2.24) is 5.32 Å². The first-order valence-corrected chi connectivity index (χ1v) is 9.61. The smallest absolute Gasteiger partial charge is 0.257 e. The molecule has 2 aromatic rings. The van der Waals surface area contributed by atoms with E-state index >= 15 is 0 Å². The van der Waals surface area contributed by atoms with Crippen molar-refractivity contribution in [2.75, 3.05) is 12.4 Å². The molecule has 0 radical (unpaired) electrons. The Kier molecular flexibility index (Phi) is 5.37. The van der Waals surface area contributed by atoms with Crippen LogP contribution in [0.25, 0.3) is 0 Å². The van der Waals surface area contributed by atoms with E-state index in [0.717, 1.165) is 24.8 Å². The summed E-state index contributed by atoms with van der Waals surface area (Å²) in [6.45, 7) is 2.20. The van der Waals surface area contributed by atoms with Gasteiger partial charge >= 0.3 is 0 Å². The molecule has 0 saturated heterocycles. The van der Waals surface area contributed by atoms with E-state index in [4.69, 9.17) is 23.2 Å². The molecule has 4 nitrogen and oxygen atoms in total. The number of carbonyl (C=O) groups is 2. The van der Waals surface area contributed by atoms with Crippen molar-refractivity contribution in [3.63, 3.8) is 0 Å². The largest absolute Gasteiger partial charge is 0.355 e. The first-order valence-electron chi connectivity index (χ1n) is 8.03. The number of hydrogen-bond acceptors (Lipinski definition) is 3. The number of fused-ring (bicyclic) bond motifs is 1. The van der Waals surface area contributed by atoms with E-state index in [1.165, 1.54) is 22.3 Å². The molecule has 1 aliphatic rings. The minimum absolute atomic E-state index is 0.181. The maximum atomic E-state index is 12.6. The van der Waals surface area contributed by atoms with Crippen LogP contribution >= 0.6 is 34.5 Å². The first kappa shape index (κ1) is 18.2. The zero-order chi connectivity index (χ0) is 18.1. The van der Waals surface area contributed by atoms with Crippen LogP contribution in [0.4, 0.5) is 5.00 Å². The number of carbonyl (C=O) groups excluding carboxylic acids is 2. The van der Waals surface area contributed by atoms with E-state index in [2.05, 4.69) is 17.6 Å². The van der Waals surface area contributed by atoms with Crippen molar-refractivity contribution < 1.29 is 9.59 Å². The van der Waals surface area contributed by atoms with Gasteiger partial charge in [0.05, 0.1) is 16.1 Å². The van der Waals surface area contributed by atoms with Crippen LogP contribution in [-0.2, 0) is 12.8 Å². The highest BCUT2D eigenvalue weighted by Gasteiger charge is 2.28. The summed E-state index contributed by atoms with van der Waals surface area (Å²) in [6, 6.07) is 4.73. The Morgan fingerprint density at radius 3 is 2.72 bits per heavy atom. The highest BCUT2D eigenvalue weighted by atomic mass is 35.5. The molecule has 2 amide bonds. The lowest BCUT2D eigenvalue weighted by atomic mass is 9.88. The molecule has 3 rings (SSSR count). The lowest BCUT2D eigenvalue weighted by Gasteiger charge is -2.18. The standard InChI is InChI=1S/C18H18Cl2N2O2S/c1-9-3-5-11-14(7-9)25-18(15(11)17(24)21-2)22-16(23)12-8-10(19)4-6-13(12)20/h4,6,8-9H,3,5,7H2,1-2H3,(H,21,24)(H,22,23)/t9-/m1/s1. The average Bonchev–Trinajstić information content (AvgIpc) is 2.93. The minimum atomic E-state index is -0.371. The number of rotatable bonds is 3. The Morgan fingerprint density at radius 2 is 2.00 bits per heavy atom. The van der Waals surface area contributed by atoms with Crippen molar-refractivity contribution in [3.05, 3.63) is 49.8 Å². The molecule has 1 aromatic carbocycles. The predicted molar refractivity (Wildman–Crippen MR) is 103 cm³/mol. The van der Waals surface area contributed by atoms with Crippen molar-refractivity contribution in [2.24, 2.45) is 5.92 Å². The van der Waals surface area contributed by atoms with Crippen LogP contribution in [0.1, 0.15) is 44.5 Å². The summed E-state index contributed by atoms with van der Waals surface area (Å²) >= 11 is 13.6. The molecule has 25 heavy (non-hydrogen) atoms. The third kappa shape index (κ3) is 3.68. The maximum absolute atomic E-state index is 12.6. The molecule has 0 saturated carbocycles. The third-order valence-corrected chi connectivity index (χ3v) is 6.10. The topological polar surface area (TPSA) is 58.2 Å². The minimum Gasteiger partial charge on any atom is -0.355 e. The Morgan fingerprint density at radius 1 is 1.24 bits per heavy atom. The fraction of sp³-hybridized carbons (Fsp3) is 0.333. The van der Waals surface area contributed by atoms with Gasteiger partial charge in [0.1, 0.15) is 5.00 Å². The molecule has 1 aliphatic carbocycles. The molecule has 132 valence electrons. The monoisotopic (exact) mass is 396 g/mol. The Hall–Kier alpha value is -1.56. The van der Waals surface area contributed by atoms with Gasteiger partial charge in [-0.1, -0.05) is 30.1 Å². The van der Waals surface area contributed by atoms with Crippen LogP contribution < -0.4 is 10.6 Å². The number of halogens is 2. The van der Waals surface area contributed by atoms with Gasteiger partial charge in [-0.3, -0.25) is 9.59 Å². The van der Waals surface area contributed by atoms with Crippen molar-refractivity contribution in [1.29, 1.82) is 0 Å². The van der Waals surface area contributed by atoms with Crippen LogP contribution in [0, 0.1) is 5.92 Å². The number of benzene rings is 1. The Balaban J connectivity index is 1.98. The molecule has 2 N–H and O–H groups in total. The second-order valence-electron chi connectivity index (χ2n) is 6.21. The summed E-state index contributed by atoms with van der Waals surface area (Å²) in [5.74, 6) is 0.0263. The molecular formula is C18H18Cl2N2O2S. The summed E-state index contributed by atoms with van der Waals surface area (Å²) in [6.07, 6.45) is 2.82. The van der Waals surface area contributed by atoms with E-state index in [0.29, 0.717) is 26.5 Å². The molecule has 1 atom stereocenters. The second kappa shape index (κ2) is 7.36. The van der Waals surface area contributed by atoms with Crippen LogP contribution in [-0.4, -0.2) is 18.9 Å². The lowest BCUT2D eigenvalue weighted by molar-refractivity contribution is 0.0963. The molecule has 7 heteroatoms. The van der Waals surface area contributed by atoms with Crippen molar-refractivity contribution >= 4 is 51.4 Å². The lowest BCUT2D eigenvalue weighted by Crippen LogP contribution is -2.22. The van der Waals surface area contributed by atoms with Gasteiger partial charge in [-0.25, -0.2) is 0 Å². The molecule has 0 bridgehead atoms. The average molecular weight is 397 g/mol. The van der Waals surface area contributed by atoms with Crippen LogP contribution in [0.15, 0.2) is 18.2 Å². The molecule has 0 unspecified atom stereocenters. The van der Waals surface area contributed by atoms with Gasteiger partial charge in [-0.15, -0.1) is 11.3 Å². The fourth-order valence-corrected chi connectivity index (χ4v) is 4.82. The van der Waals surface area contributed by atoms with Crippen LogP contribution in [0.2, 0.25) is 10.0 Å². The predicted octanol–water partition coefficient (Wildman–Crippen LogP) is 4.79. The van der Waals surface area contributed by atoms with Crippen LogP contribution in [0.3, 0.4) is 0 Å². The molecule has 0 fully saturated rings. The number of amides is 2. The highest BCUT2D eigenvalue weighted by Crippen LogP contribution is 2.40. The fourth-order valence-electron chi connectivity index (χ4n) is 3.05. The second-order valence-corrected chi connectivity index (χ2v) is 8.16. The molecule has 1 heterocycles. The molecule has 1 aromatic heterocycles. The van der Waals surface area contributed by atoms with E-state index in [1.54, 1.807) is 19.2 Å². The number of hydrogen-bond donors (Lipinski definition) is 2. The van der Waals surface area contributed by atoms with Gasteiger partial charge in [-0.05, 0) is 48.9 Å². The van der Waals surface area contributed by atoms with Gasteiger partial charge in [0.2, 0.25) is 0 Å². The Bertz CT molecular complexity index is 848. The molecule has 0 spiro atoms. The van der Waals surface area contributed by atoms with Crippen molar-refractivity contribution in [2.45, 2.75) is 26.2 Å². The number of thiophene rings is 1. The van der Waals surface area contributed by atoms with Gasteiger partial charge in [0.25, 0.3) is 11.8 Å². The summed E-state index contributed by atoms with van der Waals surface area (Å²) in [4.78, 5) is 26.2. The third-order valence-electron chi connectivity index (χ3n) is 4.37. The van der Waals surface area contributed by atoms with Gasteiger partial charge in [0.15, 0.2) is 0 Å². The highest BCUT2D eigenvalue weighted by molar-refractivity contribution is 7.17. The maximum Gasteiger partial charge on any atom is 0.257 e. The summed E-state index contributed by atoms with van der Waals surface area (Å²) in [5, 5.41) is 6.85. The zero-order valence-corrected chi connectivity index (χ0v) is 16.2. The summed E-state index contributed by atoms with van der Waals surface area (Å²) in [5.41, 5.74) is 1.91. The van der Waals surface area contributed by atoms with E-state index in [1.807, 2.05) is 0 Å². The number of nitrogens with one attached hydrogen (secondary N) is 2. The van der Waals surface area contributed by atoms with Gasteiger partial charge in [-0.2, -0.15) is 0 Å². The van der Waals surface area contributed by atoms with Crippen molar-refractivity contribution in [3.8, 4) is 0 Å². The quantitative estimate of drug-likeness (QED) is 0.782. The van der Waals surface area contributed by atoms with E-state index in [9.17, 15) is 9.59 Å². The number of anilines is 1. The first-order chi connectivity index (χ1) is 11.9. The summed E-state index contributed by atoms with van der Waals surface area (Å²) < 4.78 is 0. The van der Waals surface area contributed by atoms with E-state index < -0.39 is 0 Å². The zero-order valence-electron chi connectivity index (χ0n) is 13.9. The summed E-state index contributed by atoms with van der Waals surface area (Å²) in [7, 11) is 1.59.